The number of allylic oxidation sites excluding steroid dienone is 2. The van der Waals surface area contributed by atoms with Crippen molar-refractivity contribution < 1.29 is 9.59 Å². The van der Waals surface area contributed by atoms with Crippen molar-refractivity contribution in [3.05, 3.63) is 119 Å². The van der Waals surface area contributed by atoms with Gasteiger partial charge < -0.3 is 0 Å². The third-order valence-corrected chi connectivity index (χ3v) is 7.56. The molecule has 0 bridgehead atoms. The lowest BCUT2D eigenvalue weighted by molar-refractivity contribution is -0.125. The minimum Gasteiger partial charge on any atom is -0.294 e. The number of carbonyl (C=O) groups is 2. The highest BCUT2D eigenvalue weighted by atomic mass is 16.1. The Bertz CT molecular complexity index is 1140. The molecular weight excluding hydrogens is 428 g/mol. The van der Waals surface area contributed by atoms with Crippen LogP contribution < -0.4 is 0 Å². The van der Waals surface area contributed by atoms with Crippen LogP contribution in [0.1, 0.15) is 61.1 Å². The van der Waals surface area contributed by atoms with Gasteiger partial charge in [0.2, 0.25) is 0 Å². The van der Waals surface area contributed by atoms with E-state index in [1.807, 2.05) is 78.9 Å². The van der Waals surface area contributed by atoms with Gasteiger partial charge >= 0.3 is 0 Å². The molecule has 0 aromatic heterocycles. The molecule has 0 aliphatic heterocycles. The van der Waals surface area contributed by atoms with Crippen LogP contribution in [0.5, 0.6) is 0 Å². The van der Waals surface area contributed by atoms with Gasteiger partial charge in [-0.05, 0) is 78.5 Å². The molecule has 2 aliphatic carbocycles. The number of ketones is 2. The van der Waals surface area contributed by atoms with Gasteiger partial charge in [-0.15, -0.1) is 0 Å². The highest BCUT2D eigenvalue weighted by Gasteiger charge is 2.42. The standard InChI is InChI=1S/C33H32O2/c34-32-27(22-24-12-4-1-5-13-24)18-10-20-29(32)31(26-16-8-3-9-17-26)30-21-11-19-28(33(30)35)23-25-14-6-2-7-15-25/h1-9,12-17,22-23,29-31H,10-11,18-21H2/b27-22+,28-23+. The molecule has 2 nitrogen and oxygen atoms in total. The van der Waals surface area contributed by atoms with Crippen molar-refractivity contribution in [1.29, 1.82) is 0 Å². The summed E-state index contributed by atoms with van der Waals surface area (Å²) in [6.45, 7) is 0. The Morgan fingerprint density at radius 2 is 0.971 bits per heavy atom. The molecule has 176 valence electrons. The largest absolute Gasteiger partial charge is 0.294 e. The molecule has 0 amide bonds. The summed E-state index contributed by atoms with van der Waals surface area (Å²) in [6, 6.07) is 30.5. The summed E-state index contributed by atoms with van der Waals surface area (Å²) < 4.78 is 0. The maximum atomic E-state index is 13.9. The first-order chi connectivity index (χ1) is 17.2. The minimum atomic E-state index is -0.161. The first-order valence-electron chi connectivity index (χ1n) is 12.9. The molecule has 0 heterocycles. The average Bonchev–Trinajstić information content (AvgIpc) is 2.90. The van der Waals surface area contributed by atoms with Crippen molar-refractivity contribution in [2.24, 2.45) is 11.8 Å². The first kappa shape index (κ1) is 23.2. The minimum absolute atomic E-state index is 0.0878. The summed E-state index contributed by atoms with van der Waals surface area (Å²) >= 11 is 0. The van der Waals surface area contributed by atoms with Crippen molar-refractivity contribution >= 4 is 23.7 Å². The molecule has 5 rings (SSSR count). The summed E-state index contributed by atoms with van der Waals surface area (Å²) in [5.74, 6) is 0.0364. The van der Waals surface area contributed by atoms with E-state index in [0.29, 0.717) is 0 Å². The Morgan fingerprint density at radius 3 is 1.40 bits per heavy atom. The van der Waals surface area contributed by atoms with Gasteiger partial charge in [0, 0.05) is 17.8 Å². The fourth-order valence-electron chi connectivity index (χ4n) is 5.90. The molecule has 2 heteroatoms. The van der Waals surface area contributed by atoms with Crippen molar-refractivity contribution in [3.8, 4) is 0 Å². The van der Waals surface area contributed by atoms with Crippen LogP contribution in [-0.2, 0) is 9.59 Å². The van der Waals surface area contributed by atoms with Crippen LogP contribution in [0.15, 0.2) is 102 Å². The Kier molecular flexibility index (Phi) is 7.18. The van der Waals surface area contributed by atoms with Crippen molar-refractivity contribution in [3.63, 3.8) is 0 Å². The molecule has 3 aromatic rings. The lowest BCUT2D eigenvalue weighted by Gasteiger charge is -2.37. The van der Waals surface area contributed by atoms with E-state index in [2.05, 4.69) is 24.3 Å². The van der Waals surface area contributed by atoms with E-state index in [9.17, 15) is 9.59 Å². The molecule has 2 aliphatic rings. The Hall–Kier alpha value is -3.52. The van der Waals surface area contributed by atoms with Gasteiger partial charge in [0.05, 0.1) is 0 Å². The van der Waals surface area contributed by atoms with Gasteiger partial charge in [-0.3, -0.25) is 9.59 Å². The first-order valence-corrected chi connectivity index (χ1v) is 12.9. The van der Waals surface area contributed by atoms with Crippen LogP contribution in [0.3, 0.4) is 0 Å². The fraction of sp³-hybridized carbons (Fsp3) is 0.273. The monoisotopic (exact) mass is 460 g/mol. The number of benzene rings is 3. The third kappa shape index (κ3) is 5.27. The van der Waals surface area contributed by atoms with E-state index >= 15 is 0 Å². The van der Waals surface area contributed by atoms with Gasteiger partial charge in [0.15, 0.2) is 11.6 Å². The summed E-state index contributed by atoms with van der Waals surface area (Å²) in [6.07, 6.45) is 9.36. The van der Waals surface area contributed by atoms with Gasteiger partial charge in [-0.2, -0.15) is 0 Å². The van der Waals surface area contributed by atoms with E-state index in [0.717, 1.165) is 66.4 Å². The predicted octanol–water partition coefficient (Wildman–Crippen LogP) is 7.68. The van der Waals surface area contributed by atoms with Crippen LogP contribution in [0.4, 0.5) is 0 Å². The maximum Gasteiger partial charge on any atom is 0.162 e. The third-order valence-electron chi connectivity index (χ3n) is 7.56. The van der Waals surface area contributed by atoms with E-state index in [1.54, 1.807) is 0 Å². The predicted molar refractivity (Wildman–Crippen MR) is 143 cm³/mol. The molecular formula is C33H32O2. The topological polar surface area (TPSA) is 34.1 Å². The van der Waals surface area contributed by atoms with Crippen molar-refractivity contribution in [2.75, 3.05) is 0 Å². The van der Waals surface area contributed by atoms with E-state index < -0.39 is 0 Å². The van der Waals surface area contributed by atoms with Gasteiger partial charge in [-0.25, -0.2) is 0 Å². The number of hydrogen-bond donors (Lipinski definition) is 0. The number of rotatable bonds is 5. The lowest BCUT2D eigenvalue weighted by Crippen LogP contribution is -2.36. The Labute approximate surface area is 208 Å². The number of carbonyl (C=O) groups excluding carboxylic acids is 2. The summed E-state index contributed by atoms with van der Waals surface area (Å²) in [7, 11) is 0. The van der Waals surface area contributed by atoms with Crippen molar-refractivity contribution in [2.45, 2.75) is 44.4 Å². The smallest absolute Gasteiger partial charge is 0.162 e. The Morgan fingerprint density at radius 1 is 0.571 bits per heavy atom. The second kappa shape index (κ2) is 10.8. The average molecular weight is 461 g/mol. The van der Waals surface area contributed by atoms with Gasteiger partial charge in [0.1, 0.15) is 0 Å². The maximum absolute atomic E-state index is 13.9. The van der Waals surface area contributed by atoms with E-state index in [1.165, 1.54) is 0 Å². The summed E-state index contributed by atoms with van der Waals surface area (Å²) in [5, 5.41) is 0. The zero-order chi connectivity index (χ0) is 24.0. The molecule has 2 fully saturated rings. The van der Waals surface area contributed by atoms with Crippen LogP contribution in [0.25, 0.3) is 12.2 Å². The SMILES string of the molecule is O=C1/C(=C/c2ccccc2)CCCC1C(c1ccccc1)C1CCC/C(=C\c2ccccc2)C1=O. The molecule has 2 unspecified atom stereocenters. The fourth-order valence-corrected chi connectivity index (χ4v) is 5.90. The molecule has 0 radical (unpaired) electrons. The summed E-state index contributed by atoms with van der Waals surface area (Å²) in [5.41, 5.74) is 5.05. The van der Waals surface area contributed by atoms with Gasteiger partial charge in [0.25, 0.3) is 0 Å². The highest BCUT2D eigenvalue weighted by molar-refractivity contribution is 6.05. The van der Waals surface area contributed by atoms with Crippen LogP contribution in [0, 0.1) is 11.8 Å². The Balaban J connectivity index is 1.50. The van der Waals surface area contributed by atoms with E-state index in [-0.39, 0.29) is 29.3 Å². The van der Waals surface area contributed by atoms with E-state index in [4.69, 9.17) is 0 Å². The molecule has 0 saturated heterocycles. The highest BCUT2D eigenvalue weighted by Crippen LogP contribution is 2.45. The van der Waals surface area contributed by atoms with Gasteiger partial charge in [-0.1, -0.05) is 91.0 Å². The van der Waals surface area contributed by atoms with Crippen LogP contribution >= 0.6 is 0 Å². The second-order valence-electron chi connectivity index (χ2n) is 9.82. The molecule has 2 saturated carbocycles. The molecule has 0 spiro atoms. The second-order valence-corrected chi connectivity index (χ2v) is 9.82. The molecule has 0 N–H and O–H groups in total. The van der Waals surface area contributed by atoms with Crippen molar-refractivity contribution in [1.82, 2.24) is 0 Å². The normalized spacial score (nSPS) is 24.0. The summed E-state index contributed by atoms with van der Waals surface area (Å²) in [4.78, 5) is 27.7. The molecule has 35 heavy (non-hydrogen) atoms. The molecule has 2 atom stereocenters. The lowest BCUT2D eigenvalue weighted by atomic mass is 9.64. The quantitative estimate of drug-likeness (QED) is 0.366. The number of Topliss-reactive ketones (excluding diaryl/α,β-unsaturated/α-hetero) is 2. The van der Waals surface area contributed by atoms with Crippen LogP contribution in [-0.4, -0.2) is 11.6 Å². The zero-order valence-corrected chi connectivity index (χ0v) is 20.1. The molecule has 3 aromatic carbocycles. The van der Waals surface area contributed by atoms with Crippen LogP contribution in [0.2, 0.25) is 0 Å². The zero-order valence-electron chi connectivity index (χ0n) is 20.1. The number of hydrogen-bond acceptors (Lipinski definition) is 2.